The lowest BCUT2D eigenvalue weighted by molar-refractivity contribution is -0.149. The molecule has 0 aromatic carbocycles. The van der Waals surface area contributed by atoms with Crippen LogP contribution in [0.2, 0.25) is 0 Å². The van der Waals surface area contributed by atoms with Gasteiger partial charge in [0.15, 0.2) is 0 Å². The Morgan fingerprint density at radius 3 is 2.12 bits per heavy atom. The zero-order valence-corrected chi connectivity index (χ0v) is 10.3. The summed E-state index contributed by atoms with van der Waals surface area (Å²) < 4.78 is 4.91. The van der Waals surface area contributed by atoms with Crippen molar-refractivity contribution in [2.45, 2.75) is 70.3 Å². The number of hydrogen-bond donors (Lipinski definition) is 1. The molecule has 1 N–H and O–H groups in total. The highest BCUT2D eigenvalue weighted by atomic mass is 16.5. The van der Waals surface area contributed by atoms with E-state index in [9.17, 15) is 9.90 Å². The van der Waals surface area contributed by atoms with E-state index >= 15 is 0 Å². The van der Waals surface area contributed by atoms with Gasteiger partial charge in [0, 0.05) is 0 Å². The Morgan fingerprint density at radius 2 is 1.62 bits per heavy atom. The fourth-order valence-corrected chi connectivity index (χ4v) is 2.40. The maximum absolute atomic E-state index is 11.4. The van der Waals surface area contributed by atoms with E-state index in [1.165, 1.54) is 25.7 Å². The van der Waals surface area contributed by atoms with Crippen molar-refractivity contribution in [2.24, 2.45) is 0 Å². The van der Waals surface area contributed by atoms with E-state index in [0.29, 0.717) is 6.61 Å². The second kappa shape index (κ2) is 6.89. The average Bonchev–Trinajstić information content (AvgIpc) is 2.31. The Balaban J connectivity index is 2.46. The fraction of sp³-hybridized carbons (Fsp3) is 0.923. The third-order valence-electron chi connectivity index (χ3n) is 3.31. The Morgan fingerprint density at radius 1 is 1.12 bits per heavy atom. The van der Waals surface area contributed by atoms with E-state index in [1.807, 2.05) is 0 Å². The van der Waals surface area contributed by atoms with Crippen LogP contribution in [0.3, 0.4) is 0 Å². The second-order valence-electron chi connectivity index (χ2n) is 4.83. The van der Waals surface area contributed by atoms with Crippen molar-refractivity contribution < 1.29 is 14.6 Å². The molecule has 0 aromatic rings. The highest BCUT2D eigenvalue weighted by Gasteiger charge is 2.30. The molecule has 1 fully saturated rings. The van der Waals surface area contributed by atoms with Gasteiger partial charge < -0.3 is 9.84 Å². The number of esters is 1. The summed E-state index contributed by atoms with van der Waals surface area (Å²) in [7, 11) is 0. The Kier molecular flexibility index (Phi) is 5.81. The molecule has 0 aromatic heterocycles. The van der Waals surface area contributed by atoms with Gasteiger partial charge >= 0.3 is 5.97 Å². The normalized spacial score (nSPS) is 21.6. The fourth-order valence-electron chi connectivity index (χ4n) is 2.40. The third kappa shape index (κ3) is 4.97. The molecule has 94 valence electrons. The van der Waals surface area contributed by atoms with Gasteiger partial charge in [0.25, 0.3) is 0 Å². The Bertz CT molecular complexity index is 203. The van der Waals surface area contributed by atoms with Gasteiger partial charge in [-0.25, -0.2) is 0 Å². The number of hydrogen-bond acceptors (Lipinski definition) is 3. The smallest absolute Gasteiger partial charge is 0.308 e. The molecule has 1 saturated carbocycles. The predicted molar refractivity (Wildman–Crippen MR) is 63.1 cm³/mol. The molecule has 0 unspecified atom stereocenters. The van der Waals surface area contributed by atoms with Crippen molar-refractivity contribution in [1.82, 2.24) is 0 Å². The lowest BCUT2D eigenvalue weighted by Crippen LogP contribution is -2.32. The van der Waals surface area contributed by atoms with Crippen molar-refractivity contribution in [2.75, 3.05) is 6.61 Å². The average molecular weight is 228 g/mol. The second-order valence-corrected chi connectivity index (χ2v) is 4.83. The summed E-state index contributed by atoms with van der Waals surface area (Å²) in [5.41, 5.74) is -0.809. The summed E-state index contributed by atoms with van der Waals surface area (Å²) in [5.74, 6) is -0.260. The van der Waals surface area contributed by atoms with Gasteiger partial charge in [-0.3, -0.25) is 4.79 Å². The summed E-state index contributed by atoms with van der Waals surface area (Å²) in [6.07, 6.45) is 8.56. The molecular weight excluding hydrogens is 204 g/mol. The SMILES string of the molecule is CCOC(=O)CC1(O)CCCCCCCC1. The predicted octanol–water partition coefficient (Wildman–Crippen LogP) is 2.81. The van der Waals surface area contributed by atoms with E-state index in [0.717, 1.165) is 25.7 Å². The lowest BCUT2D eigenvalue weighted by atomic mass is 9.88. The van der Waals surface area contributed by atoms with Crippen LogP contribution in [-0.4, -0.2) is 23.3 Å². The Labute approximate surface area is 98.2 Å². The van der Waals surface area contributed by atoms with Gasteiger partial charge in [-0.15, -0.1) is 0 Å². The zero-order chi connectivity index (χ0) is 11.9. The van der Waals surface area contributed by atoms with Gasteiger partial charge in [0.1, 0.15) is 0 Å². The molecule has 3 nitrogen and oxygen atoms in total. The molecule has 0 saturated heterocycles. The van der Waals surface area contributed by atoms with Gasteiger partial charge in [0.2, 0.25) is 0 Å². The molecule has 0 spiro atoms. The van der Waals surface area contributed by atoms with Crippen LogP contribution in [0.25, 0.3) is 0 Å². The number of carbonyl (C=O) groups is 1. The van der Waals surface area contributed by atoms with Crippen LogP contribution in [0.5, 0.6) is 0 Å². The lowest BCUT2D eigenvalue weighted by Gasteiger charge is -2.26. The van der Waals surface area contributed by atoms with Crippen LogP contribution in [-0.2, 0) is 9.53 Å². The number of rotatable bonds is 3. The minimum Gasteiger partial charge on any atom is -0.466 e. The molecule has 0 atom stereocenters. The van der Waals surface area contributed by atoms with E-state index in [-0.39, 0.29) is 12.4 Å². The van der Waals surface area contributed by atoms with Gasteiger partial charge in [-0.1, -0.05) is 38.5 Å². The summed E-state index contributed by atoms with van der Waals surface area (Å²) in [4.78, 5) is 11.4. The minimum absolute atomic E-state index is 0.167. The zero-order valence-electron chi connectivity index (χ0n) is 10.3. The van der Waals surface area contributed by atoms with E-state index in [2.05, 4.69) is 0 Å². The first-order valence-electron chi connectivity index (χ1n) is 6.54. The van der Waals surface area contributed by atoms with E-state index in [4.69, 9.17) is 4.74 Å². The van der Waals surface area contributed by atoms with Crippen molar-refractivity contribution in [3.8, 4) is 0 Å². The molecule has 3 heteroatoms. The summed E-state index contributed by atoms with van der Waals surface area (Å²) in [6, 6.07) is 0. The first kappa shape index (κ1) is 13.5. The topological polar surface area (TPSA) is 46.5 Å². The first-order valence-corrected chi connectivity index (χ1v) is 6.54. The van der Waals surface area contributed by atoms with Crippen molar-refractivity contribution in [3.05, 3.63) is 0 Å². The molecule has 0 aliphatic heterocycles. The van der Waals surface area contributed by atoms with Crippen molar-refractivity contribution >= 4 is 5.97 Å². The maximum Gasteiger partial charge on any atom is 0.308 e. The monoisotopic (exact) mass is 228 g/mol. The molecule has 1 aliphatic rings. The Hall–Kier alpha value is -0.570. The molecule has 0 heterocycles. The first-order chi connectivity index (χ1) is 7.66. The van der Waals surface area contributed by atoms with Crippen molar-refractivity contribution in [1.29, 1.82) is 0 Å². The highest BCUT2D eigenvalue weighted by Crippen LogP contribution is 2.28. The van der Waals surface area contributed by atoms with E-state index < -0.39 is 5.60 Å². The van der Waals surface area contributed by atoms with Gasteiger partial charge in [-0.2, -0.15) is 0 Å². The van der Waals surface area contributed by atoms with Crippen LogP contribution < -0.4 is 0 Å². The minimum atomic E-state index is -0.809. The summed E-state index contributed by atoms with van der Waals surface area (Å²) in [6.45, 7) is 2.19. The molecule has 1 rings (SSSR count). The number of ether oxygens (including phenoxy) is 1. The largest absolute Gasteiger partial charge is 0.466 e. The molecule has 0 radical (unpaired) electrons. The standard InChI is InChI=1S/C13H24O3/c1-2-16-12(14)11-13(15)9-7-5-3-4-6-8-10-13/h15H,2-11H2,1H3. The molecular formula is C13H24O3. The van der Waals surface area contributed by atoms with Crippen LogP contribution in [0, 0.1) is 0 Å². The third-order valence-corrected chi connectivity index (χ3v) is 3.31. The molecule has 16 heavy (non-hydrogen) atoms. The number of aliphatic hydroxyl groups is 1. The van der Waals surface area contributed by atoms with Gasteiger partial charge in [0.05, 0.1) is 18.6 Å². The van der Waals surface area contributed by atoms with Crippen LogP contribution in [0.15, 0.2) is 0 Å². The van der Waals surface area contributed by atoms with Crippen molar-refractivity contribution in [3.63, 3.8) is 0 Å². The molecule has 1 aliphatic carbocycles. The van der Waals surface area contributed by atoms with Crippen LogP contribution in [0.4, 0.5) is 0 Å². The van der Waals surface area contributed by atoms with E-state index in [1.54, 1.807) is 6.92 Å². The maximum atomic E-state index is 11.4. The molecule has 0 bridgehead atoms. The quantitative estimate of drug-likeness (QED) is 0.755. The van der Waals surface area contributed by atoms with Gasteiger partial charge in [-0.05, 0) is 19.8 Å². The highest BCUT2D eigenvalue weighted by molar-refractivity contribution is 5.70. The van der Waals surface area contributed by atoms with Crippen LogP contribution >= 0.6 is 0 Å². The van der Waals surface area contributed by atoms with Crippen LogP contribution in [0.1, 0.15) is 64.7 Å². The summed E-state index contributed by atoms with van der Waals surface area (Å²) in [5, 5.41) is 10.4. The number of carbonyl (C=O) groups excluding carboxylic acids is 1. The molecule has 0 amide bonds. The summed E-state index contributed by atoms with van der Waals surface area (Å²) >= 11 is 0.